The zero-order valence-corrected chi connectivity index (χ0v) is 11.5. The van der Waals surface area contributed by atoms with E-state index in [1.165, 1.54) is 37.3 Å². The minimum Gasteiger partial charge on any atom is -0.478 e. The maximum atomic E-state index is 12.1. The summed E-state index contributed by atoms with van der Waals surface area (Å²) in [5.41, 5.74) is 1.34. The Labute approximate surface area is 124 Å². The predicted octanol–water partition coefficient (Wildman–Crippen LogP) is 3.86. The molecule has 0 unspecified atom stereocenters. The summed E-state index contributed by atoms with van der Waals surface area (Å²) in [5.74, 6) is -1.36. The summed E-state index contributed by atoms with van der Waals surface area (Å²) in [5, 5.41) is 8.89. The molecule has 0 bridgehead atoms. The molecule has 2 rings (SSSR count). The number of alkyl halides is 3. The lowest BCUT2D eigenvalue weighted by atomic mass is 10.2. The van der Waals surface area contributed by atoms with Crippen LogP contribution < -0.4 is 4.74 Å². The van der Waals surface area contributed by atoms with Gasteiger partial charge in [-0.1, -0.05) is 0 Å². The van der Waals surface area contributed by atoms with E-state index < -0.39 is 12.3 Å². The van der Waals surface area contributed by atoms with Gasteiger partial charge in [-0.2, -0.15) is 0 Å². The highest BCUT2D eigenvalue weighted by Crippen LogP contribution is 2.24. The van der Waals surface area contributed by atoms with E-state index in [0.717, 1.165) is 0 Å². The molecule has 7 heteroatoms. The summed E-state index contributed by atoms with van der Waals surface area (Å²) < 4.78 is 41.8. The molecule has 0 spiro atoms. The van der Waals surface area contributed by atoms with Crippen LogP contribution in [0.1, 0.15) is 12.6 Å². The molecule has 0 amide bonds. The Morgan fingerprint density at radius 3 is 2.41 bits per heavy atom. The molecule has 0 atom stereocenters. The Balaban J connectivity index is 2.29. The fourth-order valence-corrected chi connectivity index (χ4v) is 1.84. The largest absolute Gasteiger partial charge is 0.573 e. The number of ether oxygens (including phenoxy) is 1. The highest BCUT2D eigenvalue weighted by molar-refractivity contribution is 5.91. The summed E-state index contributed by atoms with van der Waals surface area (Å²) in [6.45, 7) is 1.46. The molecule has 1 heterocycles. The van der Waals surface area contributed by atoms with Crippen molar-refractivity contribution in [2.75, 3.05) is 0 Å². The van der Waals surface area contributed by atoms with E-state index in [-0.39, 0.29) is 11.3 Å². The smallest absolute Gasteiger partial charge is 0.478 e. The fraction of sp³-hybridized carbons (Fsp3) is 0.133. The lowest BCUT2D eigenvalue weighted by Gasteiger charge is -2.11. The van der Waals surface area contributed by atoms with Gasteiger partial charge in [0.2, 0.25) is 0 Å². The van der Waals surface area contributed by atoms with Crippen molar-refractivity contribution in [2.45, 2.75) is 13.3 Å². The molecule has 116 valence electrons. The maximum Gasteiger partial charge on any atom is 0.573 e. The molecule has 0 fully saturated rings. The van der Waals surface area contributed by atoms with E-state index in [0.29, 0.717) is 11.4 Å². The van der Waals surface area contributed by atoms with Gasteiger partial charge in [0.15, 0.2) is 0 Å². The molecule has 4 nitrogen and oxygen atoms in total. The molecule has 0 aliphatic carbocycles. The molecule has 1 aromatic carbocycles. The van der Waals surface area contributed by atoms with Gasteiger partial charge in [0.1, 0.15) is 5.75 Å². The van der Waals surface area contributed by atoms with Gasteiger partial charge in [0, 0.05) is 23.2 Å². The predicted molar refractivity (Wildman–Crippen MR) is 73.7 cm³/mol. The number of nitrogens with zero attached hydrogens (tertiary/aromatic N) is 1. The first-order valence-corrected chi connectivity index (χ1v) is 6.21. The van der Waals surface area contributed by atoms with Crippen LogP contribution >= 0.6 is 0 Å². The van der Waals surface area contributed by atoms with Crippen LogP contribution in [0.2, 0.25) is 0 Å². The van der Waals surface area contributed by atoms with E-state index in [9.17, 15) is 18.0 Å². The average Bonchev–Trinajstić information content (AvgIpc) is 2.85. The van der Waals surface area contributed by atoms with Crippen molar-refractivity contribution in [2.24, 2.45) is 0 Å². The van der Waals surface area contributed by atoms with Gasteiger partial charge in [0.05, 0.1) is 0 Å². The first kappa shape index (κ1) is 15.7. The lowest BCUT2D eigenvalue weighted by molar-refractivity contribution is -0.274. The SMILES string of the molecule is C/C(=C\c1cccn1-c1ccc(OC(F)(F)F)cc1)C(=O)O. The van der Waals surface area contributed by atoms with Crippen molar-refractivity contribution in [3.8, 4) is 11.4 Å². The van der Waals surface area contributed by atoms with Crippen LogP contribution in [0.5, 0.6) is 5.75 Å². The van der Waals surface area contributed by atoms with Crippen LogP contribution in [0.3, 0.4) is 0 Å². The third-order valence-electron chi connectivity index (χ3n) is 2.83. The number of benzene rings is 1. The number of aliphatic carboxylic acids is 1. The highest BCUT2D eigenvalue weighted by Gasteiger charge is 2.30. The number of carbonyl (C=O) groups is 1. The van der Waals surface area contributed by atoms with Gasteiger partial charge in [-0.25, -0.2) is 4.79 Å². The third kappa shape index (κ3) is 3.91. The number of carboxylic acid groups (broad SMARTS) is 1. The summed E-state index contributed by atoms with van der Waals surface area (Å²) in [4.78, 5) is 10.9. The topological polar surface area (TPSA) is 51.5 Å². The molecule has 0 saturated heterocycles. The summed E-state index contributed by atoms with van der Waals surface area (Å²) in [6.07, 6.45) is -1.58. The van der Waals surface area contributed by atoms with E-state index in [1.54, 1.807) is 22.9 Å². The minimum absolute atomic E-state index is 0.150. The van der Waals surface area contributed by atoms with Crippen molar-refractivity contribution in [1.82, 2.24) is 4.57 Å². The van der Waals surface area contributed by atoms with E-state index in [1.807, 2.05) is 0 Å². The van der Waals surface area contributed by atoms with Gasteiger partial charge in [-0.3, -0.25) is 0 Å². The second-order valence-electron chi connectivity index (χ2n) is 4.48. The molecule has 1 N–H and O–H groups in total. The number of aromatic nitrogens is 1. The second-order valence-corrected chi connectivity index (χ2v) is 4.48. The molecular formula is C15H12F3NO3. The number of halogens is 3. The van der Waals surface area contributed by atoms with Crippen LogP contribution in [0.15, 0.2) is 48.2 Å². The van der Waals surface area contributed by atoms with Gasteiger partial charge in [0.25, 0.3) is 0 Å². The number of hydrogen-bond acceptors (Lipinski definition) is 2. The summed E-state index contributed by atoms with van der Waals surface area (Å²) >= 11 is 0. The lowest BCUT2D eigenvalue weighted by Crippen LogP contribution is -2.17. The van der Waals surface area contributed by atoms with Crippen molar-refractivity contribution >= 4 is 12.0 Å². The van der Waals surface area contributed by atoms with Crippen molar-refractivity contribution < 1.29 is 27.8 Å². The Morgan fingerprint density at radius 2 is 1.86 bits per heavy atom. The van der Waals surface area contributed by atoms with Crippen molar-refractivity contribution in [3.05, 3.63) is 53.9 Å². The van der Waals surface area contributed by atoms with Crippen LogP contribution in [0, 0.1) is 0 Å². The normalized spacial score (nSPS) is 12.3. The van der Waals surface area contributed by atoms with Gasteiger partial charge in [-0.15, -0.1) is 13.2 Å². The summed E-state index contributed by atoms with van der Waals surface area (Å²) in [6, 6.07) is 8.71. The van der Waals surface area contributed by atoms with E-state index in [2.05, 4.69) is 4.74 Å². The molecule has 0 radical (unpaired) electrons. The van der Waals surface area contributed by atoms with Crippen molar-refractivity contribution in [1.29, 1.82) is 0 Å². The first-order chi connectivity index (χ1) is 10.3. The molecule has 0 saturated carbocycles. The number of carboxylic acids is 1. The van der Waals surface area contributed by atoms with Gasteiger partial charge in [-0.05, 0) is 49.4 Å². The van der Waals surface area contributed by atoms with E-state index in [4.69, 9.17) is 5.11 Å². The quantitative estimate of drug-likeness (QED) is 0.872. The number of rotatable bonds is 4. The fourth-order valence-electron chi connectivity index (χ4n) is 1.84. The van der Waals surface area contributed by atoms with Crippen LogP contribution in [-0.4, -0.2) is 22.0 Å². The number of hydrogen-bond donors (Lipinski definition) is 1. The molecular weight excluding hydrogens is 299 g/mol. The zero-order valence-electron chi connectivity index (χ0n) is 11.5. The monoisotopic (exact) mass is 311 g/mol. The zero-order chi connectivity index (χ0) is 16.3. The molecule has 0 aliphatic heterocycles. The molecule has 2 aromatic rings. The molecule has 22 heavy (non-hydrogen) atoms. The van der Waals surface area contributed by atoms with Crippen LogP contribution in [0.25, 0.3) is 11.8 Å². The Bertz CT molecular complexity index is 700. The molecule has 0 aliphatic rings. The Kier molecular flexibility index (Phi) is 4.25. The highest BCUT2D eigenvalue weighted by atomic mass is 19.4. The van der Waals surface area contributed by atoms with Gasteiger partial charge < -0.3 is 14.4 Å². The summed E-state index contributed by atoms with van der Waals surface area (Å²) in [7, 11) is 0. The second kappa shape index (κ2) is 5.97. The Morgan fingerprint density at radius 1 is 1.23 bits per heavy atom. The average molecular weight is 311 g/mol. The van der Waals surface area contributed by atoms with Crippen molar-refractivity contribution in [3.63, 3.8) is 0 Å². The first-order valence-electron chi connectivity index (χ1n) is 6.21. The van der Waals surface area contributed by atoms with Gasteiger partial charge >= 0.3 is 12.3 Å². The molecule has 1 aromatic heterocycles. The van der Waals surface area contributed by atoms with Crippen LogP contribution in [-0.2, 0) is 4.79 Å². The van der Waals surface area contributed by atoms with E-state index >= 15 is 0 Å². The van der Waals surface area contributed by atoms with Crippen LogP contribution in [0.4, 0.5) is 13.2 Å². The Hall–Kier alpha value is -2.70. The minimum atomic E-state index is -4.73. The third-order valence-corrected chi connectivity index (χ3v) is 2.83. The maximum absolute atomic E-state index is 12.1. The standard InChI is InChI=1S/C15H12F3NO3/c1-10(14(20)21)9-12-3-2-8-19(12)11-4-6-13(7-5-11)22-15(16,17)18/h2-9H,1H3,(H,20,21)/b10-9+.